The Hall–Kier alpha value is -9.74. The van der Waals surface area contributed by atoms with Crippen molar-refractivity contribution in [3.8, 4) is 67.5 Å². The maximum Gasteiger partial charge on any atom is 0.132 e. The number of hydrogen-bond donors (Lipinski definition) is 0. The number of para-hydroxylation sites is 4. The van der Waals surface area contributed by atoms with Crippen LogP contribution in [0, 0.1) is 0 Å². The lowest BCUT2D eigenvalue weighted by Gasteiger charge is -2.39. The highest BCUT2D eigenvalue weighted by Crippen LogP contribution is 2.64. The molecule has 4 aliphatic rings. The quantitative estimate of drug-likeness (QED) is 0.171. The van der Waals surface area contributed by atoms with Crippen molar-refractivity contribution in [2.45, 2.75) is 10.8 Å². The number of nitrogens with zero attached hydrogens (tertiary/aromatic N) is 1. The molecular formula is C74H45NO2S. The molecule has 0 saturated carbocycles. The highest BCUT2D eigenvalue weighted by atomic mass is 32.1. The summed E-state index contributed by atoms with van der Waals surface area (Å²) < 4.78 is 16.0. The topological polar surface area (TPSA) is 21.7 Å². The van der Waals surface area contributed by atoms with Crippen molar-refractivity contribution < 1.29 is 9.47 Å². The summed E-state index contributed by atoms with van der Waals surface area (Å²) in [4.78, 5) is 2.45. The van der Waals surface area contributed by atoms with Crippen molar-refractivity contribution >= 4 is 48.6 Å². The lowest BCUT2D eigenvalue weighted by atomic mass is 9.66. The summed E-state index contributed by atoms with van der Waals surface area (Å²) in [5.41, 5.74) is 21.4. The molecule has 12 aromatic carbocycles. The highest BCUT2D eigenvalue weighted by molar-refractivity contribution is 7.25. The predicted octanol–water partition coefficient (Wildman–Crippen LogP) is 19.8. The smallest absolute Gasteiger partial charge is 0.132 e. The Labute approximate surface area is 456 Å². The van der Waals surface area contributed by atoms with Crippen LogP contribution < -0.4 is 14.4 Å². The summed E-state index contributed by atoms with van der Waals surface area (Å²) in [5.74, 6) is 3.55. The summed E-state index contributed by atoms with van der Waals surface area (Å²) in [6.07, 6.45) is 0. The van der Waals surface area contributed by atoms with Crippen LogP contribution in [0.25, 0.3) is 64.7 Å². The number of hydrogen-bond acceptors (Lipinski definition) is 4. The third kappa shape index (κ3) is 5.87. The second-order valence-corrected chi connectivity index (χ2v) is 22.1. The molecule has 0 atom stereocenters. The molecule has 3 nitrogen and oxygen atoms in total. The molecule has 1 aromatic heterocycles. The monoisotopic (exact) mass is 1010 g/mol. The van der Waals surface area contributed by atoms with Crippen molar-refractivity contribution in [3.63, 3.8) is 0 Å². The first kappa shape index (κ1) is 43.5. The molecular weight excluding hydrogens is 967 g/mol. The SMILES string of the molecule is c1cc(-c2ccc3c(c2)-c2ccccc2C32c3ccccc3Oc3ccccc32)cc(N(c2ccc(-c3cccc4sc5ccccc5c34)cc2)c2ccc3c(c2)C2(c4ccccc4Oc4ccccc42)c2ccccc2-3)c1. The second-order valence-electron chi connectivity index (χ2n) is 21.0. The van der Waals surface area contributed by atoms with E-state index in [0.717, 1.165) is 62.3 Å². The van der Waals surface area contributed by atoms with E-state index in [1.165, 1.54) is 86.9 Å². The van der Waals surface area contributed by atoms with Gasteiger partial charge < -0.3 is 14.4 Å². The van der Waals surface area contributed by atoms with Gasteiger partial charge in [-0.2, -0.15) is 0 Å². The molecule has 13 aromatic rings. The fraction of sp³-hybridized carbons (Fsp3) is 0.0270. The molecule has 0 amide bonds. The average Bonchev–Trinajstić information content (AvgIpc) is 4.29. The van der Waals surface area contributed by atoms with Crippen LogP contribution in [-0.4, -0.2) is 0 Å². The molecule has 2 spiro atoms. The van der Waals surface area contributed by atoms with Gasteiger partial charge in [-0.1, -0.05) is 194 Å². The molecule has 0 fully saturated rings. The number of thiophene rings is 1. The minimum absolute atomic E-state index is 0.529. The first-order valence-corrected chi connectivity index (χ1v) is 27.6. The van der Waals surface area contributed by atoms with Gasteiger partial charge in [0, 0.05) is 59.5 Å². The molecule has 2 aliphatic carbocycles. The Kier molecular flexibility index (Phi) is 9.14. The molecule has 0 bridgehead atoms. The highest BCUT2D eigenvalue weighted by Gasteiger charge is 2.52. The van der Waals surface area contributed by atoms with Crippen molar-refractivity contribution in [3.05, 3.63) is 317 Å². The molecule has 17 rings (SSSR count). The van der Waals surface area contributed by atoms with Gasteiger partial charge in [0.2, 0.25) is 0 Å². The fourth-order valence-electron chi connectivity index (χ4n) is 14.1. The fourth-order valence-corrected chi connectivity index (χ4v) is 15.2. The second kappa shape index (κ2) is 16.4. The van der Waals surface area contributed by atoms with Gasteiger partial charge in [-0.3, -0.25) is 0 Å². The van der Waals surface area contributed by atoms with E-state index in [4.69, 9.17) is 9.47 Å². The summed E-state index contributed by atoms with van der Waals surface area (Å²) in [6.45, 7) is 0. The third-order valence-electron chi connectivity index (χ3n) is 17.2. The van der Waals surface area contributed by atoms with Crippen LogP contribution in [0.15, 0.2) is 273 Å². The van der Waals surface area contributed by atoms with Crippen LogP contribution in [-0.2, 0) is 10.8 Å². The summed E-state index contributed by atoms with van der Waals surface area (Å²) in [6, 6.07) is 100. The van der Waals surface area contributed by atoms with Gasteiger partial charge in [0.25, 0.3) is 0 Å². The first-order valence-electron chi connectivity index (χ1n) is 26.8. The van der Waals surface area contributed by atoms with E-state index >= 15 is 0 Å². The zero-order valence-corrected chi connectivity index (χ0v) is 43.0. The molecule has 2 aliphatic heterocycles. The number of ether oxygens (including phenoxy) is 2. The predicted molar refractivity (Wildman–Crippen MR) is 320 cm³/mol. The molecule has 0 N–H and O–H groups in total. The van der Waals surface area contributed by atoms with E-state index in [1.807, 2.05) is 11.3 Å². The van der Waals surface area contributed by atoms with Crippen LogP contribution in [0.1, 0.15) is 44.5 Å². The van der Waals surface area contributed by atoms with Gasteiger partial charge in [0.1, 0.15) is 23.0 Å². The summed E-state index contributed by atoms with van der Waals surface area (Å²) in [7, 11) is 0. The van der Waals surface area contributed by atoms with E-state index < -0.39 is 10.8 Å². The number of benzene rings is 12. The molecule has 3 heterocycles. The van der Waals surface area contributed by atoms with Crippen LogP contribution in [0.3, 0.4) is 0 Å². The van der Waals surface area contributed by atoms with Gasteiger partial charge in [0.05, 0.1) is 10.8 Å². The maximum atomic E-state index is 6.75. The summed E-state index contributed by atoms with van der Waals surface area (Å²) >= 11 is 1.86. The van der Waals surface area contributed by atoms with Gasteiger partial charge in [-0.15, -0.1) is 11.3 Å². The zero-order valence-electron chi connectivity index (χ0n) is 42.2. The van der Waals surface area contributed by atoms with Crippen LogP contribution in [0.5, 0.6) is 23.0 Å². The van der Waals surface area contributed by atoms with E-state index in [9.17, 15) is 0 Å². The minimum atomic E-state index is -0.615. The van der Waals surface area contributed by atoms with E-state index in [-0.39, 0.29) is 0 Å². The van der Waals surface area contributed by atoms with Crippen molar-refractivity contribution in [2.24, 2.45) is 0 Å². The van der Waals surface area contributed by atoms with Crippen LogP contribution >= 0.6 is 11.3 Å². The number of rotatable bonds is 5. The Bertz CT molecular complexity index is 4570. The molecule has 0 unspecified atom stereocenters. The Balaban J connectivity index is 0.860. The van der Waals surface area contributed by atoms with Crippen molar-refractivity contribution in [1.82, 2.24) is 0 Å². The standard InChI is InChI=1S/C74H45NO2S/c1-4-23-58-53(19-1)55-41-40-51(45-65(55)74(58)63-27-8-12-31-68(63)77-69-32-13-9-28-64(69)74)75(49-38-35-46(36-39-49)52-22-16-34-71-72(52)56-21-3-14-33-70(56)78-71)50-18-15-17-47(43-50)48-37-42-60-57(44-48)54-20-2-5-24-59(54)73(60)61-25-6-10-29-66(61)76-67-30-11-7-26-62(67)73/h1-45H. The molecule has 364 valence electrons. The average molecular weight is 1010 g/mol. The van der Waals surface area contributed by atoms with Gasteiger partial charge in [-0.25, -0.2) is 0 Å². The van der Waals surface area contributed by atoms with Gasteiger partial charge in [0.15, 0.2) is 0 Å². The van der Waals surface area contributed by atoms with Crippen molar-refractivity contribution in [1.29, 1.82) is 0 Å². The van der Waals surface area contributed by atoms with Crippen LogP contribution in [0.2, 0.25) is 0 Å². The number of fused-ring (bicyclic) bond motifs is 21. The van der Waals surface area contributed by atoms with E-state index in [1.54, 1.807) is 0 Å². The lowest BCUT2D eigenvalue weighted by molar-refractivity contribution is 0.436. The molecule has 4 heteroatoms. The molecule has 78 heavy (non-hydrogen) atoms. The Morgan fingerprint density at radius 1 is 0.269 bits per heavy atom. The zero-order chi connectivity index (χ0) is 51.1. The number of anilines is 3. The summed E-state index contributed by atoms with van der Waals surface area (Å²) in [5, 5.41) is 2.61. The first-order chi connectivity index (χ1) is 38.7. The maximum absolute atomic E-state index is 6.75. The van der Waals surface area contributed by atoms with Gasteiger partial charge in [-0.05, 0) is 146 Å². The minimum Gasteiger partial charge on any atom is -0.457 e. The molecule has 0 saturated heterocycles. The van der Waals surface area contributed by atoms with E-state index in [0.29, 0.717) is 0 Å². The lowest BCUT2D eigenvalue weighted by Crippen LogP contribution is -2.32. The normalized spacial score (nSPS) is 14.1. The van der Waals surface area contributed by atoms with Crippen LogP contribution in [0.4, 0.5) is 17.1 Å². The third-order valence-corrected chi connectivity index (χ3v) is 18.3. The van der Waals surface area contributed by atoms with Gasteiger partial charge >= 0.3 is 0 Å². The Morgan fingerprint density at radius 3 is 1.37 bits per heavy atom. The van der Waals surface area contributed by atoms with E-state index in [2.05, 4.69) is 278 Å². The molecule has 0 radical (unpaired) electrons. The largest absolute Gasteiger partial charge is 0.457 e. The Morgan fingerprint density at radius 2 is 0.718 bits per heavy atom. The van der Waals surface area contributed by atoms with Crippen molar-refractivity contribution in [2.75, 3.05) is 4.90 Å².